The second kappa shape index (κ2) is 6.22. The van der Waals surface area contributed by atoms with Gasteiger partial charge in [-0.1, -0.05) is 0 Å². The van der Waals surface area contributed by atoms with Gasteiger partial charge in [-0.05, 0) is 51.0 Å². The predicted molar refractivity (Wildman–Crippen MR) is 104 cm³/mol. The standard InChI is InChI=1S/C21H22N4O3/c1-21(2)19-6-5-13(25(19)20(26)28-21)12-27-18-11-22-9-7-14(18)16-10-17-15(24-16)4-3-8-23-17/h3-4,7-11,13,19,24H,5-6,12H2,1-2H3/t13-,19?/m0/s1. The number of hydrogen-bond acceptors (Lipinski definition) is 5. The maximum atomic E-state index is 12.3. The van der Waals surface area contributed by atoms with Crippen LogP contribution in [0.2, 0.25) is 0 Å². The molecule has 0 aliphatic carbocycles. The number of carbonyl (C=O) groups is 1. The minimum absolute atomic E-state index is 0.0108. The zero-order valence-corrected chi connectivity index (χ0v) is 15.9. The molecule has 7 nitrogen and oxygen atoms in total. The molecule has 0 bridgehead atoms. The summed E-state index contributed by atoms with van der Waals surface area (Å²) in [7, 11) is 0. The van der Waals surface area contributed by atoms with Gasteiger partial charge in [0.2, 0.25) is 0 Å². The van der Waals surface area contributed by atoms with E-state index in [1.807, 2.05) is 43.0 Å². The van der Waals surface area contributed by atoms with Crippen molar-refractivity contribution < 1.29 is 14.3 Å². The molecule has 2 fully saturated rings. The minimum atomic E-state index is -0.442. The average molecular weight is 378 g/mol. The Morgan fingerprint density at radius 1 is 1.32 bits per heavy atom. The summed E-state index contributed by atoms with van der Waals surface area (Å²) in [6, 6.07) is 7.94. The highest BCUT2D eigenvalue weighted by atomic mass is 16.6. The third kappa shape index (κ3) is 2.69. The summed E-state index contributed by atoms with van der Waals surface area (Å²) in [6.45, 7) is 4.36. The monoisotopic (exact) mass is 378 g/mol. The van der Waals surface area contributed by atoms with Gasteiger partial charge in [0.15, 0.2) is 0 Å². The second-order valence-corrected chi connectivity index (χ2v) is 7.93. The number of amides is 1. The Bertz CT molecular complexity index is 1010. The van der Waals surface area contributed by atoms with E-state index >= 15 is 0 Å². The molecule has 144 valence electrons. The third-order valence-corrected chi connectivity index (χ3v) is 5.76. The highest BCUT2D eigenvalue weighted by Crippen LogP contribution is 2.40. The van der Waals surface area contributed by atoms with Crippen molar-refractivity contribution in [2.75, 3.05) is 6.61 Å². The van der Waals surface area contributed by atoms with E-state index in [1.54, 1.807) is 18.6 Å². The first-order valence-corrected chi connectivity index (χ1v) is 9.55. The van der Waals surface area contributed by atoms with E-state index in [0.29, 0.717) is 12.4 Å². The first-order chi connectivity index (χ1) is 13.5. The Kier molecular flexibility index (Phi) is 3.79. The topological polar surface area (TPSA) is 80.3 Å². The molecule has 3 aromatic heterocycles. The highest BCUT2D eigenvalue weighted by molar-refractivity contribution is 5.83. The number of ether oxygens (including phenoxy) is 2. The average Bonchev–Trinajstić information content (AvgIpc) is 3.35. The number of aromatic nitrogens is 3. The van der Waals surface area contributed by atoms with Gasteiger partial charge in [0.1, 0.15) is 18.0 Å². The first-order valence-electron chi connectivity index (χ1n) is 9.55. The van der Waals surface area contributed by atoms with Gasteiger partial charge in [-0.3, -0.25) is 14.9 Å². The van der Waals surface area contributed by atoms with E-state index in [9.17, 15) is 4.79 Å². The van der Waals surface area contributed by atoms with Gasteiger partial charge >= 0.3 is 6.09 Å². The smallest absolute Gasteiger partial charge is 0.411 e. The maximum Gasteiger partial charge on any atom is 0.411 e. The molecule has 7 heteroatoms. The molecule has 3 aromatic rings. The van der Waals surface area contributed by atoms with Crippen molar-refractivity contribution in [1.29, 1.82) is 0 Å². The largest absolute Gasteiger partial charge is 0.489 e. The van der Waals surface area contributed by atoms with E-state index in [-0.39, 0.29) is 18.2 Å². The molecule has 1 N–H and O–H groups in total. The van der Waals surface area contributed by atoms with Crippen LogP contribution in [0.1, 0.15) is 26.7 Å². The highest BCUT2D eigenvalue weighted by Gasteiger charge is 2.53. The fourth-order valence-corrected chi connectivity index (χ4v) is 4.36. The van der Waals surface area contributed by atoms with Crippen molar-refractivity contribution in [3.05, 3.63) is 42.9 Å². The number of carbonyl (C=O) groups excluding carboxylic acids is 1. The number of nitrogens with one attached hydrogen (secondary N) is 1. The lowest BCUT2D eigenvalue weighted by molar-refractivity contribution is 0.0669. The van der Waals surface area contributed by atoms with Crippen LogP contribution in [0.4, 0.5) is 4.79 Å². The van der Waals surface area contributed by atoms with Gasteiger partial charge in [-0.25, -0.2) is 4.79 Å². The van der Waals surface area contributed by atoms with Crippen molar-refractivity contribution in [2.45, 2.75) is 44.4 Å². The van der Waals surface area contributed by atoms with Crippen molar-refractivity contribution in [3.8, 4) is 17.0 Å². The van der Waals surface area contributed by atoms with E-state index in [2.05, 4.69) is 15.0 Å². The summed E-state index contributed by atoms with van der Waals surface area (Å²) >= 11 is 0. The molecule has 0 aromatic carbocycles. The zero-order valence-electron chi connectivity index (χ0n) is 15.9. The van der Waals surface area contributed by atoms with Crippen LogP contribution in [-0.4, -0.2) is 50.2 Å². The molecule has 0 saturated carbocycles. The Morgan fingerprint density at radius 2 is 2.21 bits per heavy atom. The van der Waals surface area contributed by atoms with Crippen LogP contribution in [0.5, 0.6) is 5.75 Å². The van der Waals surface area contributed by atoms with Crippen LogP contribution in [0.25, 0.3) is 22.3 Å². The molecule has 5 heterocycles. The van der Waals surface area contributed by atoms with Crippen LogP contribution in [0.3, 0.4) is 0 Å². The maximum absolute atomic E-state index is 12.3. The normalized spacial score (nSPS) is 23.1. The van der Waals surface area contributed by atoms with Gasteiger partial charge in [-0.15, -0.1) is 0 Å². The summed E-state index contributed by atoms with van der Waals surface area (Å²) < 4.78 is 11.7. The van der Waals surface area contributed by atoms with Gasteiger partial charge in [0.05, 0.1) is 35.0 Å². The predicted octanol–water partition coefficient (Wildman–Crippen LogP) is 3.77. The SMILES string of the molecule is CC1(C)OC(=O)N2C1CC[C@H]2COc1cnccc1-c1cc2ncccc2[nH]1. The van der Waals surface area contributed by atoms with E-state index < -0.39 is 5.60 Å². The van der Waals surface area contributed by atoms with Crippen LogP contribution in [-0.2, 0) is 4.74 Å². The number of cyclic esters (lactones) is 1. The van der Waals surface area contributed by atoms with Gasteiger partial charge in [0, 0.05) is 18.0 Å². The fraction of sp³-hybridized carbons (Fsp3) is 0.381. The Balaban J connectivity index is 1.38. The van der Waals surface area contributed by atoms with Gasteiger partial charge in [-0.2, -0.15) is 0 Å². The Morgan fingerprint density at radius 3 is 3.07 bits per heavy atom. The quantitative estimate of drug-likeness (QED) is 0.748. The first kappa shape index (κ1) is 17.0. The number of rotatable bonds is 4. The van der Waals surface area contributed by atoms with Gasteiger partial charge < -0.3 is 14.5 Å². The molecule has 2 atom stereocenters. The van der Waals surface area contributed by atoms with Crippen molar-refractivity contribution in [2.24, 2.45) is 0 Å². The zero-order chi connectivity index (χ0) is 19.3. The van der Waals surface area contributed by atoms with Crippen molar-refractivity contribution >= 4 is 17.1 Å². The summed E-state index contributed by atoms with van der Waals surface area (Å²) in [6.07, 6.45) is 6.83. The van der Waals surface area contributed by atoms with Crippen LogP contribution in [0.15, 0.2) is 42.9 Å². The number of fused-ring (bicyclic) bond motifs is 2. The molecule has 2 saturated heterocycles. The molecule has 0 spiro atoms. The molecule has 2 aliphatic heterocycles. The number of aromatic amines is 1. The number of hydrogen-bond donors (Lipinski definition) is 1. The number of nitrogens with zero attached hydrogens (tertiary/aromatic N) is 3. The molecule has 28 heavy (non-hydrogen) atoms. The second-order valence-electron chi connectivity index (χ2n) is 7.93. The molecule has 1 unspecified atom stereocenters. The Hall–Kier alpha value is -3.09. The van der Waals surface area contributed by atoms with Gasteiger partial charge in [0.25, 0.3) is 0 Å². The summed E-state index contributed by atoms with van der Waals surface area (Å²) in [5.74, 6) is 0.685. The molecule has 1 amide bonds. The molecular weight excluding hydrogens is 356 g/mol. The number of H-pyrrole nitrogens is 1. The molecule has 2 aliphatic rings. The molecule has 0 radical (unpaired) electrons. The van der Waals surface area contributed by atoms with Crippen molar-refractivity contribution in [3.63, 3.8) is 0 Å². The van der Waals surface area contributed by atoms with E-state index in [0.717, 1.165) is 35.1 Å². The Labute approximate surface area is 162 Å². The van der Waals surface area contributed by atoms with Crippen LogP contribution < -0.4 is 4.74 Å². The molecular formula is C21H22N4O3. The lowest BCUT2D eigenvalue weighted by atomic mass is 9.98. The van der Waals surface area contributed by atoms with Crippen molar-refractivity contribution in [1.82, 2.24) is 19.9 Å². The number of pyridine rings is 2. The van der Waals surface area contributed by atoms with Crippen LogP contribution in [0, 0.1) is 0 Å². The minimum Gasteiger partial charge on any atom is -0.489 e. The molecule has 5 rings (SSSR count). The van der Waals surface area contributed by atoms with E-state index in [4.69, 9.17) is 9.47 Å². The summed E-state index contributed by atoms with van der Waals surface area (Å²) in [4.78, 5) is 26.1. The lowest BCUT2D eigenvalue weighted by Gasteiger charge is -2.25. The summed E-state index contributed by atoms with van der Waals surface area (Å²) in [5.41, 5.74) is 3.29. The third-order valence-electron chi connectivity index (χ3n) is 5.76. The summed E-state index contributed by atoms with van der Waals surface area (Å²) in [5, 5.41) is 0. The van der Waals surface area contributed by atoms with Crippen LogP contribution >= 0.6 is 0 Å². The fourth-order valence-electron chi connectivity index (χ4n) is 4.36. The van der Waals surface area contributed by atoms with E-state index in [1.165, 1.54) is 0 Å². The lowest BCUT2D eigenvalue weighted by Crippen LogP contribution is -2.42.